The number of nitrogens with one attached hydrogen (secondary N) is 1. The first-order valence-corrected chi connectivity index (χ1v) is 8.87. The number of aryl methyl sites for hydroxylation is 3. The molecule has 3 rings (SSSR count). The van der Waals surface area contributed by atoms with Gasteiger partial charge in [0.2, 0.25) is 0 Å². The molecular weight excluding hydrogens is 344 g/mol. The predicted molar refractivity (Wildman–Crippen MR) is 101 cm³/mol. The normalized spacial score (nSPS) is 12.0. The van der Waals surface area contributed by atoms with Crippen LogP contribution in [0.3, 0.4) is 0 Å². The molecule has 1 aromatic carbocycles. The number of carbonyl (C=O) groups is 1. The van der Waals surface area contributed by atoms with Gasteiger partial charge in [0.05, 0.1) is 12.1 Å². The van der Waals surface area contributed by atoms with E-state index >= 15 is 0 Å². The minimum atomic E-state index is -0.287. The first-order chi connectivity index (χ1) is 12.9. The Bertz CT molecular complexity index is 915. The van der Waals surface area contributed by atoms with Crippen molar-refractivity contribution in [3.05, 3.63) is 64.8 Å². The molecule has 1 amide bonds. The number of ether oxygens (including phenoxy) is 1. The van der Waals surface area contributed by atoms with Crippen molar-refractivity contribution in [2.45, 2.75) is 46.9 Å². The van der Waals surface area contributed by atoms with Gasteiger partial charge in [-0.15, -0.1) is 0 Å². The molecule has 2 heterocycles. The number of aromatic nitrogens is 3. The van der Waals surface area contributed by atoms with Crippen molar-refractivity contribution in [1.82, 2.24) is 20.3 Å². The zero-order chi connectivity index (χ0) is 19.4. The number of benzene rings is 1. The Kier molecular flexibility index (Phi) is 5.59. The molecule has 0 aliphatic rings. The molecule has 0 bridgehead atoms. The van der Waals surface area contributed by atoms with Crippen molar-refractivity contribution in [2.24, 2.45) is 0 Å². The molecular formula is C20H24N4O3. The van der Waals surface area contributed by atoms with Gasteiger partial charge in [-0.3, -0.25) is 9.48 Å². The van der Waals surface area contributed by atoms with Crippen LogP contribution in [-0.4, -0.2) is 26.9 Å². The highest BCUT2D eigenvalue weighted by Gasteiger charge is 2.22. The minimum Gasteiger partial charge on any atom is -0.489 e. The second-order valence-corrected chi connectivity index (χ2v) is 6.70. The summed E-state index contributed by atoms with van der Waals surface area (Å²) in [5, 5.41) is 11.0. The molecule has 7 nitrogen and oxygen atoms in total. The van der Waals surface area contributed by atoms with Crippen molar-refractivity contribution in [2.75, 3.05) is 0 Å². The zero-order valence-electron chi connectivity index (χ0n) is 16.0. The highest BCUT2D eigenvalue weighted by molar-refractivity contribution is 5.93. The fourth-order valence-electron chi connectivity index (χ4n) is 2.73. The van der Waals surface area contributed by atoms with Crippen molar-refractivity contribution in [3.63, 3.8) is 0 Å². The van der Waals surface area contributed by atoms with Gasteiger partial charge in [0.1, 0.15) is 18.1 Å². The standard InChI is InChI=1S/C20H24N4O3/c1-13-6-7-17(10-14(13)2)26-12-18-16(4)27-23-19(18)20(25)22-15(3)11-24-9-5-8-21-24/h5-10,15H,11-12H2,1-4H3,(H,22,25). The smallest absolute Gasteiger partial charge is 0.274 e. The second-order valence-electron chi connectivity index (χ2n) is 6.70. The summed E-state index contributed by atoms with van der Waals surface area (Å²) >= 11 is 0. The van der Waals surface area contributed by atoms with Crippen LogP contribution in [0.25, 0.3) is 0 Å². The lowest BCUT2D eigenvalue weighted by Crippen LogP contribution is -2.36. The second kappa shape index (κ2) is 8.07. The van der Waals surface area contributed by atoms with Gasteiger partial charge in [0.15, 0.2) is 5.69 Å². The molecule has 0 fully saturated rings. The molecule has 0 aliphatic heterocycles. The summed E-state index contributed by atoms with van der Waals surface area (Å²) in [6, 6.07) is 7.64. The molecule has 0 spiro atoms. The fourth-order valence-corrected chi connectivity index (χ4v) is 2.73. The van der Waals surface area contributed by atoms with Crippen molar-refractivity contribution >= 4 is 5.91 Å². The van der Waals surface area contributed by atoms with Crippen LogP contribution in [0.4, 0.5) is 0 Å². The van der Waals surface area contributed by atoms with Gasteiger partial charge in [-0.05, 0) is 57.0 Å². The van der Waals surface area contributed by atoms with Gasteiger partial charge in [-0.25, -0.2) is 0 Å². The topological polar surface area (TPSA) is 82.2 Å². The fraction of sp³-hybridized carbons (Fsp3) is 0.350. The Morgan fingerprint density at radius 1 is 1.30 bits per heavy atom. The molecule has 0 aliphatic carbocycles. The van der Waals surface area contributed by atoms with Crippen LogP contribution in [0.1, 0.15) is 39.9 Å². The summed E-state index contributed by atoms with van der Waals surface area (Å²) in [5.74, 6) is 1.03. The Morgan fingerprint density at radius 3 is 2.81 bits per heavy atom. The lowest BCUT2D eigenvalue weighted by atomic mass is 10.1. The van der Waals surface area contributed by atoms with E-state index < -0.39 is 0 Å². The van der Waals surface area contributed by atoms with E-state index in [0.717, 1.165) is 11.3 Å². The Balaban J connectivity index is 1.66. The lowest BCUT2D eigenvalue weighted by molar-refractivity contribution is 0.0924. The van der Waals surface area contributed by atoms with E-state index in [0.29, 0.717) is 17.9 Å². The van der Waals surface area contributed by atoms with Gasteiger partial charge < -0.3 is 14.6 Å². The van der Waals surface area contributed by atoms with Gasteiger partial charge in [0, 0.05) is 18.4 Å². The van der Waals surface area contributed by atoms with E-state index in [1.54, 1.807) is 17.8 Å². The highest BCUT2D eigenvalue weighted by Crippen LogP contribution is 2.20. The maximum absolute atomic E-state index is 12.6. The molecule has 1 unspecified atom stereocenters. The lowest BCUT2D eigenvalue weighted by Gasteiger charge is -2.13. The van der Waals surface area contributed by atoms with Crippen LogP contribution in [0, 0.1) is 20.8 Å². The van der Waals surface area contributed by atoms with Gasteiger partial charge >= 0.3 is 0 Å². The Hall–Kier alpha value is -3.09. The third kappa shape index (κ3) is 4.55. The summed E-state index contributed by atoms with van der Waals surface area (Å²) in [7, 11) is 0. The molecule has 0 radical (unpaired) electrons. The van der Waals surface area contributed by atoms with Crippen LogP contribution in [0.2, 0.25) is 0 Å². The summed E-state index contributed by atoms with van der Waals surface area (Å²) in [4.78, 5) is 12.6. The Labute approximate surface area is 158 Å². The molecule has 7 heteroatoms. The van der Waals surface area contributed by atoms with Crippen molar-refractivity contribution in [3.8, 4) is 5.75 Å². The SMILES string of the molecule is Cc1ccc(OCc2c(C(=O)NC(C)Cn3cccn3)noc2C)cc1C. The predicted octanol–water partition coefficient (Wildman–Crippen LogP) is 3.19. The summed E-state index contributed by atoms with van der Waals surface area (Å²) in [6.45, 7) is 8.56. The quantitative estimate of drug-likeness (QED) is 0.692. The zero-order valence-corrected chi connectivity index (χ0v) is 16.0. The maximum atomic E-state index is 12.6. The van der Waals surface area contributed by atoms with E-state index in [2.05, 4.69) is 22.5 Å². The molecule has 1 N–H and O–H groups in total. The van der Waals surface area contributed by atoms with Gasteiger partial charge in [-0.2, -0.15) is 5.10 Å². The van der Waals surface area contributed by atoms with E-state index in [9.17, 15) is 4.79 Å². The average Bonchev–Trinajstić information content (AvgIpc) is 3.25. The number of amides is 1. The molecule has 0 saturated heterocycles. The first kappa shape index (κ1) is 18.7. The van der Waals surface area contributed by atoms with Crippen LogP contribution >= 0.6 is 0 Å². The monoisotopic (exact) mass is 368 g/mol. The number of nitrogens with zero attached hydrogens (tertiary/aromatic N) is 3. The van der Waals surface area contributed by atoms with E-state index in [4.69, 9.17) is 9.26 Å². The number of hydrogen-bond acceptors (Lipinski definition) is 5. The highest BCUT2D eigenvalue weighted by atomic mass is 16.5. The first-order valence-electron chi connectivity index (χ1n) is 8.87. The number of rotatable bonds is 7. The third-order valence-corrected chi connectivity index (χ3v) is 4.46. The minimum absolute atomic E-state index is 0.108. The van der Waals surface area contributed by atoms with E-state index in [-0.39, 0.29) is 24.2 Å². The number of carbonyl (C=O) groups excluding carboxylic acids is 1. The van der Waals surface area contributed by atoms with E-state index in [1.165, 1.54) is 5.56 Å². The molecule has 27 heavy (non-hydrogen) atoms. The summed E-state index contributed by atoms with van der Waals surface area (Å²) in [5.41, 5.74) is 3.26. The van der Waals surface area contributed by atoms with Gasteiger partial charge in [0.25, 0.3) is 5.91 Å². The van der Waals surface area contributed by atoms with Gasteiger partial charge in [-0.1, -0.05) is 11.2 Å². The third-order valence-electron chi connectivity index (χ3n) is 4.46. The average molecular weight is 368 g/mol. The maximum Gasteiger partial charge on any atom is 0.274 e. The van der Waals surface area contributed by atoms with Crippen molar-refractivity contribution < 1.29 is 14.1 Å². The van der Waals surface area contributed by atoms with Crippen LogP contribution in [0.5, 0.6) is 5.75 Å². The molecule has 142 valence electrons. The van der Waals surface area contributed by atoms with Crippen LogP contribution in [0.15, 0.2) is 41.2 Å². The molecule has 1 atom stereocenters. The van der Waals surface area contributed by atoms with E-state index in [1.807, 2.05) is 44.3 Å². The molecule has 0 saturated carbocycles. The van der Waals surface area contributed by atoms with Crippen LogP contribution in [-0.2, 0) is 13.2 Å². The summed E-state index contributed by atoms with van der Waals surface area (Å²) in [6.07, 6.45) is 3.56. The Morgan fingerprint density at radius 2 is 2.11 bits per heavy atom. The molecule has 3 aromatic rings. The van der Waals surface area contributed by atoms with Crippen LogP contribution < -0.4 is 10.1 Å². The largest absolute Gasteiger partial charge is 0.489 e. The summed E-state index contributed by atoms with van der Waals surface area (Å²) < 4.78 is 12.8. The number of hydrogen-bond donors (Lipinski definition) is 1. The van der Waals surface area contributed by atoms with Crippen molar-refractivity contribution in [1.29, 1.82) is 0 Å². The molecule has 2 aromatic heterocycles.